The Bertz CT molecular complexity index is 1050. The number of nitrogens with one attached hydrogen (secondary N) is 1. The number of nitrogens with zero attached hydrogens (tertiary/aromatic N) is 2. The summed E-state index contributed by atoms with van der Waals surface area (Å²) in [6, 6.07) is 25.2. The Hall–Kier alpha value is -3.64. The molecular weight excluding hydrogens is 394 g/mol. The molecule has 0 spiro atoms. The molecule has 0 atom stereocenters. The summed E-state index contributed by atoms with van der Waals surface area (Å²) in [4.78, 5) is 6.14. The Morgan fingerprint density at radius 2 is 1.60 bits per heavy atom. The third-order valence-electron chi connectivity index (χ3n) is 4.42. The lowest BCUT2D eigenvalue weighted by Gasteiger charge is -2.25. The maximum atomic E-state index is 5.85. The minimum atomic E-state index is 0.566. The van der Waals surface area contributed by atoms with Gasteiger partial charge in [0.15, 0.2) is 5.11 Å². The molecule has 0 saturated heterocycles. The Balaban J connectivity index is 1.43. The van der Waals surface area contributed by atoms with E-state index in [-0.39, 0.29) is 0 Å². The van der Waals surface area contributed by atoms with Crippen molar-refractivity contribution in [1.82, 2.24) is 9.88 Å². The molecule has 0 radical (unpaired) electrons. The zero-order chi connectivity index (χ0) is 20.6. The Morgan fingerprint density at radius 1 is 0.867 bits per heavy atom. The highest BCUT2D eigenvalue weighted by atomic mass is 32.1. The van der Waals surface area contributed by atoms with Crippen molar-refractivity contribution in [3.8, 4) is 11.5 Å². The van der Waals surface area contributed by atoms with Crippen molar-refractivity contribution >= 4 is 23.0 Å². The molecular formula is C24H21N3O2S. The molecule has 4 aromatic rings. The van der Waals surface area contributed by atoms with Crippen LogP contribution in [0.4, 0.5) is 5.69 Å². The van der Waals surface area contributed by atoms with Crippen LogP contribution in [0.5, 0.6) is 11.5 Å². The predicted molar refractivity (Wildman–Crippen MR) is 121 cm³/mol. The smallest absolute Gasteiger partial charge is 0.174 e. The molecule has 0 saturated carbocycles. The standard InChI is InChI=1S/C24H21N3O2S/c30-24(26-20-8-10-22(11-9-20)29-21-5-2-1-3-6-21)27(18-23-7-4-16-28-23)17-19-12-14-25-15-13-19/h1-16H,17-18H2,(H,26,30). The van der Waals surface area contributed by atoms with Crippen molar-refractivity contribution in [2.24, 2.45) is 0 Å². The van der Waals surface area contributed by atoms with Crippen LogP contribution in [-0.2, 0) is 13.1 Å². The molecule has 0 aliphatic heterocycles. The molecule has 0 unspecified atom stereocenters. The van der Waals surface area contributed by atoms with Gasteiger partial charge >= 0.3 is 0 Å². The second-order valence-electron chi connectivity index (χ2n) is 6.66. The monoisotopic (exact) mass is 415 g/mol. The van der Waals surface area contributed by atoms with Gasteiger partial charge in [0, 0.05) is 24.6 Å². The first kappa shape index (κ1) is 19.7. The summed E-state index contributed by atoms with van der Waals surface area (Å²) < 4.78 is 11.4. The Kier molecular flexibility index (Phi) is 6.37. The third kappa shape index (κ3) is 5.46. The van der Waals surface area contributed by atoms with Gasteiger partial charge in [0.25, 0.3) is 0 Å². The molecule has 6 heteroatoms. The highest BCUT2D eigenvalue weighted by Crippen LogP contribution is 2.23. The van der Waals surface area contributed by atoms with Gasteiger partial charge in [0.05, 0.1) is 12.8 Å². The fraction of sp³-hybridized carbons (Fsp3) is 0.0833. The van der Waals surface area contributed by atoms with Crippen LogP contribution >= 0.6 is 12.2 Å². The highest BCUT2D eigenvalue weighted by Gasteiger charge is 2.13. The predicted octanol–water partition coefficient (Wildman–Crippen LogP) is 5.87. The van der Waals surface area contributed by atoms with Gasteiger partial charge in [-0.3, -0.25) is 4.98 Å². The highest BCUT2D eigenvalue weighted by molar-refractivity contribution is 7.80. The maximum Gasteiger partial charge on any atom is 0.174 e. The number of anilines is 1. The van der Waals surface area contributed by atoms with Gasteiger partial charge in [-0.1, -0.05) is 18.2 Å². The number of rotatable bonds is 7. The second kappa shape index (κ2) is 9.71. The van der Waals surface area contributed by atoms with Gasteiger partial charge in [-0.15, -0.1) is 0 Å². The van der Waals surface area contributed by atoms with E-state index >= 15 is 0 Å². The molecule has 1 N–H and O–H groups in total. The number of hydrogen-bond donors (Lipinski definition) is 1. The van der Waals surface area contributed by atoms with Crippen molar-refractivity contribution in [2.45, 2.75) is 13.1 Å². The van der Waals surface area contributed by atoms with Gasteiger partial charge in [-0.2, -0.15) is 0 Å². The first-order chi connectivity index (χ1) is 14.8. The lowest BCUT2D eigenvalue weighted by molar-refractivity contribution is 0.360. The largest absolute Gasteiger partial charge is 0.467 e. The topological polar surface area (TPSA) is 50.5 Å². The molecule has 0 amide bonds. The summed E-state index contributed by atoms with van der Waals surface area (Å²) >= 11 is 5.69. The van der Waals surface area contributed by atoms with E-state index in [4.69, 9.17) is 21.4 Å². The van der Waals surface area contributed by atoms with Crippen molar-refractivity contribution in [2.75, 3.05) is 5.32 Å². The fourth-order valence-corrected chi connectivity index (χ4v) is 3.18. The summed E-state index contributed by atoms with van der Waals surface area (Å²) in [6.07, 6.45) is 5.23. The number of thiocarbonyl (C=S) groups is 1. The van der Waals surface area contributed by atoms with Gasteiger partial charge in [-0.25, -0.2) is 0 Å². The van der Waals surface area contributed by atoms with Crippen molar-refractivity contribution in [1.29, 1.82) is 0 Å². The van der Waals surface area contributed by atoms with E-state index < -0.39 is 0 Å². The SMILES string of the molecule is S=C(Nc1ccc(Oc2ccccc2)cc1)N(Cc1ccncc1)Cc1ccco1. The summed E-state index contributed by atoms with van der Waals surface area (Å²) in [7, 11) is 0. The van der Waals surface area contributed by atoms with Crippen molar-refractivity contribution in [3.63, 3.8) is 0 Å². The first-order valence-electron chi connectivity index (χ1n) is 9.56. The third-order valence-corrected chi connectivity index (χ3v) is 4.78. The molecule has 5 nitrogen and oxygen atoms in total. The molecule has 2 aromatic carbocycles. The van der Waals surface area contributed by atoms with E-state index in [0.29, 0.717) is 18.2 Å². The lowest BCUT2D eigenvalue weighted by atomic mass is 10.2. The van der Waals surface area contributed by atoms with E-state index in [1.807, 2.05) is 78.9 Å². The molecule has 150 valence electrons. The lowest BCUT2D eigenvalue weighted by Crippen LogP contribution is -2.33. The zero-order valence-corrected chi connectivity index (χ0v) is 17.1. The number of para-hydroxylation sites is 1. The van der Waals surface area contributed by atoms with Gasteiger partial charge in [0.1, 0.15) is 17.3 Å². The summed E-state index contributed by atoms with van der Waals surface area (Å²) in [6.45, 7) is 1.21. The fourth-order valence-electron chi connectivity index (χ4n) is 2.93. The average Bonchev–Trinajstić information content (AvgIpc) is 3.29. The molecule has 2 aromatic heterocycles. The summed E-state index contributed by atoms with van der Waals surface area (Å²) in [5.41, 5.74) is 2.01. The van der Waals surface area contributed by atoms with Crippen LogP contribution in [-0.4, -0.2) is 15.0 Å². The van der Waals surface area contributed by atoms with Crippen LogP contribution < -0.4 is 10.1 Å². The number of aromatic nitrogens is 1. The number of benzene rings is 2. The van der Waals surface area contributed by atoms with E-state index in [2.05, 4.69) is 15.2 Å². The van der Waals surface area contributed by atoms with Gasteiger partial charge < -0.3 is 19.4 Å². The molecule has 0 aliphatic carbocycles. The normalized spacial score (nSPS) is 10.4. The number of ether oxygens (including phenoxy) is 1. The molecule has 2 heterocycles. The minimum absolute atomic E-state index is 0.566. The van der Waals surface area contributed by atoms with Crippen LogP contribution in [0.25, 0.3) is 0 Å². The number of hydrogen-bond acceptors (Lipinski definition) is 4. The maximum absolute atomic E-state index is 5.85. The number of furan rings is 1. The van der Waals surface area contributed by atoms with E-state index in [9.17, 15) is 0 Å². The van der Waals surface area contributed by atoms with Crippen LogP contribution in [0.15, 0.2) is 102 Å². The van der Waals surface area contributed by atoms with E-state index in [1.165, 1.54) is 0 Å². The van der Waals surface area contributed by atoms with Crippen molar-refractivity contribution in [3.05, 3.63) is 109 Å². The van der Waals surface area contributed by atoms with E-state index in [1.54, 1.807) is 18.7 Å². The molecule has 0 bridgehead atoms. The number of pyridine rings is 1. The second-order valence-corrected chi connectivity index (χ2v) is 7.05. The molecule has 4 rings (SSSR count). The van der Waals surface area contributed by atoms with Crippen LogP contribution in [0.1, 0.15) is 11.3 Å². The molecule has 30 heavy (non-hydrogen) atoms. The summed E-state index contributed by atoms with van der Waals surface area (Å²) in [5, 5.41) is 3.92. The van der Waals surface area contributed by atoms with Crippen molar-refractivity contribution < 1.29 is 9.15 Å². The zero-order valence-electron chi connectivity index (χ0n) is 16.3. The van der Waals surface area contributed by atoms with Gasteiger partial charge in [0.2, 0.25) is 0 Å². The van der Waals surface area contributed by atoms with Crippen LogP contribution in [0.3, 0.4) is 0 Å². The van der Waals surface area contributed by atoms with E-state index in [0.717, 1.165) is 28.5 Å². The van der Waals surface area contributed by atoms with Crippen LogP contribution in [0, 0.1) is 0 Å². The van der Waals surface area contributed by atoms with Gasteiger partial charge in [-0.05, 0) is 78.4 Å². The average molecular weight is 416 g/mol. The Labute approximate surface area is 180 Å². The Morgan fingerprint density at radius 3 is 2.30 bits per heavy atom. The summed E-state index contributed by atoms with van der Waals surface area (Å²) in [5.74, 6) is 2.41. The van der Waals surface area contributed by atoms with Crippen LogP contribution in [0.2, 0.25) is 0 Å². The molecule has 0 fully saturated rings. The first-order valence-corrected chi connectivity index (χ1v) is 9.97. The molecule has 0 aliphatic rings. The quantitative estimate of drug-likeness (QED) is 0.381. The minimum Gasteiger partial charge on any atom is -0.467 e.